The van der Waals surface area contributed by atoms with E-state index in [4.69, 9.17) is 18.5 Å². The van der Waals surface area contributed by atoms with E-state index < -0.39 is 7.82 Å². The molecule has 7 nitrogen and oxygen atoms in total. The van der Waals surface area contributed by atoms with E-state index in [1.807, 2.05) is 28.1 Å². The average molecular weight is 369 g/mol. The summed E-state index contributed by atoms with van der Waals surface area (Å²) in [6, 6.07) is 0. The quantitative estimate of drug-likeness (QED) is 0.250. The van der Waals surface area contributed by atoms with Gasteiger partial charge in [0.05, 0.1) is 40.0 Å². The van der Waals surface area contributed by atoms with Crippen molar-refractivity contribution >= 4 is 7.82 Å². The second-order valence-corrected chi connectivity index (χ2v) is 8.44. The Bertz CT molecular complexity index is 361. The van der Waals surface area contributed by atoms with Gasteiger partial charge in [0.1, 0.15) is 13.2 Å². The Morgan fingerprint density at radius 1 is 1.00 bits per heavy atom. The lowest BCUT2D eigenvalue weighted by molar-refractivity contribution is -0.870. The molecule has 0 fully saturated rings. The summed E-state index contributed by atoms with van der Waals surface area (Å²) < 4.78 is 33.0. The van der Waals surface area contributed by atoms with Crippen LogP contribution in [0.3, 0.4) is 0 Å². The van der Waals surface area contributed by atoms with Crippen LogP contribution in [0.4, 0.5) is 0 Å². The topological polar surface area (TPSA) is 77.1 Å². The standard InChI is InChI=1S/C16H36NO6P/c1-7-20-15(2)10-8-9-12-21-16(3)14-23-24(18,19)22-13-11-17(4,5)6/h15-16H,7-14H2,1-6H3/t15?,16-/m1/s1. The van der Waals surface area contributed by atoms with E-state index in [1.54, 1.807) is 6.92 Å². The van der Waals surface area contributed by atoms with Gasteiger partial charge in [-0.15, -0.1) is 0 Å². The van der Waals surface area contributed by atoms with Crippen LogP contribution in [0.2, 0.25) is 0 Å². The number of nitrogens with zero attached hydrogens (tertiary/aromatic N) is 1. The molecule has 0 spiro atoms. The summed E-state index contributed by atoms with van der Waals surface area (Å²) in [5, 5.41) is 0. The monoisotopic (exact) mass is 369 g/mol. The lowest BCUT2D eigenvalue weighted by Gasteiger charge is -2.28. The van der Waals surface area contributed by atoms with E-state index in [9.17, 15) is 9.46 Å². The number of phosphoric acid groups is 1. The van der Waals surface area contributed by atoms with Crippen molar-refractivity contribution in [2.45, 2.75) is 52.2 Å². The second-order valence-electron chi connectivity index (χ2n) is 7.03. The molecule has 24 heavy (non-hydrogen) atoms. The molecule has 0 rings (SSSR count). The Labute approximate surface area is 147 Å². The highest BCUT2D eigenvalue weighted by Crippen LogP contribution is 2.38. The van der Waals surface area contributed by atoms with Crippen molar-refractivity contribution in [3.8, 4) is 0 Å². The Kier molecular flexibility index (Phi) is 12.4. The molecule has 0 heterocycles. The first kappa shape index (κ1) is 24.0. The van der Waals surface area contributed by atoms with Gasteiger partial charge in [0, 0.05) is 13.2 Å². The van der Waals surface area contributed by atoms with Crippen molar-refractivity contribution in [1.82, 2.24) is 0 Å². The van der Waals surface area contributed by atoms with Gasteiger partial charge < -0.3 is 27.9 Å². The van der Waals surface area contributed by atoms with Crippen molar-refractivity contribution in [3.63, 3.8) is 0 Å². The molecular weight excluding hydrogens is 333 g/mol. The van der Waals surface area contributed by atoms with Crippen LogP contribution in [0.15, 0.2) is 0 Å². The van der Waals surface area contributed by atoms with Gasteiger partial charge in [0.2, 0.25) is 0 Å². The van der Waals surface area contributed by atoms with Gasteiger partial charge in [-0.3, -0.25) is 4.57 Å². The predicted molar refractivity (Wildman–Crippen MR) is 92.8 cm³/mol. The number of unbranched alkanes of at least 4 members (excludes halogenated alkanes) is 1. The summed E-state index contributed by atoms with van der Waals surface area (Å²) in [6.07, 6.45) is 2.90. The van der Waals surface area contributed by atoms with Crippen molar-refractivity contribution in [1.29, 1.82) is 0 Å². The number of rotatable bonds is 15. The summed E-state index contributed by atoms with van der Waals surface area (Å²) in [6.45, 7) is 7.81. The SMILES string of the molecule is CCOC(C)CCCCO[C@H](C)COP(=O)([O-])OCC[N+](C)(C)C. The minimum Gasteiger partial charge on any atom is -0.756 e. The van der Waals surface area contributed by atoms with Gasteiger partial charge in [-0.2, -0.15) is 0 Å². The molecule has 0 N–H and O–H groups in total. The van der Waals surface area contributed by atoms with Crippen LogP contribution < -0.4 is 4.89 Å². The molecular formula is C16H36NO6P. The van der Waals surface area contributed by atoms with Crippen molar-refractivity contribution in [2.75, 3.05) is 54.1 Å². The Hall–Kier alpha value is -0.0100. The van der Waals surface area contributed by atoms with Gasteiger partial charge in [-0.1, -0.05) is 0 Å². The van der Waals surface area contributed by atoms with E-state index in [1.165, 1.54) is 0 Å². The third kappa shape index (κ3) is 15.5. The molecule has 0 amide bonds. The fourth-order valence-corrected chi connectivity index (χ4v) is 2.67. The van der Waals surface area contributed by atoms with E-state index >= 15 is 0 Å². The summed E-state index contributed by atoms with van der Waals surface area (Å²) in [4.78, 5) is 11.6. The first-order valence-corrected chi connectivity index (χ1v) is 10.2. The van der Waals surface area contributed by atoms with Crippen LogP contribution in [-0.2, 0) is 23.1 Å². The fourth-order valence-electron chi connectivity index (χ4n) is 1.89. The van der Waals surface area contributed by atoms with Gasteiger partial charge >= 0.3 is 0 Å². The number of hydrogen-bond donors (Lipinski definition) is 0. The molecule has 0 aromatic heterocycles. The zero-order chi connectivity index (χ0) is 18.6. The van der Waals surface area contributed by atoms with Gasteiger partial charge in [-0.25, -0.2) is 0 Å². The third-order valence-corrected chi connectivity index (χ3v) is 4.30. The third-order valence-electron chi connectivity index (χ3n) is 3.34. The Morgan fingerprint density at radius 3 is 2.25 bits per heavy atom. The minimum atomic E-state index is -4.25. The normalized spacial score (nSPS) is 17.5. The maximum Gasteiger partial charge on any atom is 0.268 e. The number of likely N-dealkylation sites (N-methyl/N-ethyl adjacent to an activating group) is 1. The summed E-state index contributed by atoms with van der Waals surface area (Å²) in [5.74, 6) is 0. The summed E-state index contributed by atoms with van der Waals surface area (Å²) in [7, 11) is 1.64. The van der Waals surface area contributed by atoms with E-state index in [-0.39, 0.29) is 25.4 Å². The van der Waals surface area contributed by atoms with Crippen LogP contribution in [-0.4, -0.2) is 70.8 Å². The number of ether oxygens (including phenoxy) is 2. The molecule has 146 valence electrons. The van der Waals surface area contributed by atoms with Crippen LogP contribution in [0, 0.1) is 0 Å². The second kappa shape index (κ2) is 12.4. The smallest absolute Gasteiger partial charge is 0.268 e. The molecule has 3 atom stereocenters. The lowest BCUT2D eigenvalue weighted by atomic mass is 10.2. The largest absolute Gasteiger partial charge is 0.756 e. The molecule has 0 radical (unpaired) electrons. The lowest BCUT2D eigenvalue weighted by Crippen LogP contribution is -2.37. The van der Waals surface area contributed by atoms with Gasteiger partial charge in [0.25, 0.3) is 7.82 Å². The maximum atomic E-state index is 11.6. The Balaban J connectivity index is 3.72. The molecule has 0 bridgehead atoms. The van der Waals surface area contributed by atoms with E-state index in [0.29, 0.717) is 17.6 Å². The highest BCUT2D eigenvalue weighted by Gasteiger charge is 2.15. The molecule has 8 heteroatoms. The maximum absolute atomic E-state index is 11.6. The molecule has 2 unspecified atom stereocenters. The Morgan fingerprint density at radius 2 is 1.67 bits per heavy atom. The van der Waals surface area contributed by atoms with Crippen molar-refractivity contribution in [2.24, 2.45) is 0 Å². The minimum absolute atomic E-state index is 0.0273. The van der Waals surface area contributed by atoms with Crippen LogP contribution in [0.25, 0.3) is 0 Å². The van der Waals surface area contributed by atoms with Gasteiger partial charge in [0.15, 0.2) is 0 Å². The zero-order valence-electron chi connectivity index (χ0n) is 16.2. The van der Waals surface area contributed by atoms with Crippen LogP contribution in [0.5, 0.6) is 0 Å². The molecule has 0 aliphatic heterocycles. The van der Waals surface area contributed by atoms with Crippen molar-refractivity contribution in [3.05, 3.63) is 0 Å². The highest BCUT2D eigenvalue weighted by atomic mass is 31.2. The highest BCUT2D eigenvalue weighted by molar-refractivity contribution is 7.45. The molecule has 0 aliphatic rings. The summed E-state index contributed by atoms with van der Waals surface area (Å²) in [5.41, 5.74) is 0. The summed E-state index contributed by atoms with van der Waals surface area (Å²) >= 11 is 0. The van der Waals surface area contributed by atoms with Crippen LogP contribution >= 0.6 is 7.82 Å². The fraction of sp³-hybridized carbons (Fsp3) is 1.00. The molecule has 0 aliphatic carbocycles. The molecule has 0 aromatic carbocycles. The number of hydrogen-bond acceptors (Lipinski definition) is 6. The molecule has 0 saturated carbocycles. The average Bonchev–Trinajstić information content (AvgIpc) is 2.43. The van der Waals surface area contributed by atoms with Crippen molar-refractivity contribution < 1.29 is 32.5 Å². The van der Waals surface area contributed by atoms with Gasteiger partial charge in [-0.05, 0) is 40.0 Å². The number of quaternary nitrogens is 1. The molecule has 0 saturated heterocycles. The van der Waals surface area contributed by atoms with Crippen LogP contribution in [0.1, 0.15) is 40.0 Å². The van der Waals surface area contributed by atoms with E-state index in [2.05, 4.69) is 6.92 Å². The zero-order valence-corrected chi connectivity index (χ0v) is 17.0. The first-order chi connectivity index (χ1) is 11.1. The first-order valence-electron chi connectivity index (χ1n) is 8.69. The number of phosphoric ester groups is 1. The van der Waals surface area contributed by atoms with E-state index in [0.717, 1.165) is 25.9 Å². The molecule has 0 aromatic rings. The predicted octanol–water partition coefficient (Wildman–Crippen LogP) is 2.19.